The number of hydrogen-bond donors (Lipinski definition) is 0. The molecule has 0 unspecified atom stereocenters. The molecule has 0 atom stereocenters. The second-order valence-corrected chi connectivity index (χ2v) is 5.12. The quantitative estimate of drug-likeness (QED) is 0.756. The number of benzene rings is 1. The first-order valence-corrected chi connectivity index (χ1v) is 7.17. The molecule has 0 aliphatic rings. The minimum atomic E-state index is 0.136. The van der Waals surface area contributed by atoms with E-state index in [-0.39, 0.29) is 5.91 Å². The molecule has 18 heavy (non-hydrogen) atoms. The van der Waals surface area contributed by atoms with E-state index in [1.54, 1.807) is 11.9 Å². The second-order valence-electron chi connectivity index (χ2n) is 4.32. The maximum atomic E-state index is 11.6. The van der Waals surface area contributed by atoms with Crippen LogP contribution in [0.4, 0.5) is 0 Å². The number of ether oxygens (including phenoxy) is 1. The molecule has 0 radical (unpaired) electrons. The Balaban J connectivity index is 2.44. The maximum absolute atomic E-state index is 11.6. The molecule has 0 fully saturated rings. The minimum absolute atomic E-state index is 0.136. The number of amides is 1. The first kappa shape index (κ1) is 15.0. The summed E-state index contributed by atoms with van der Waals surface area (Å²) in [6, 6.07) is 6.08. The molecule has 0 bridgehead atoms. The van der Waals surface area contributed by atoms with Gasteiger partial charge in [-0.3, -0.25) is 4.79 Å². The fourth-order valence-corrected chi connectivity index (χ4v) is 2.05. The summed E-state index contributed by atoms with van der Waals surface area (Å²) >= 11 is 3.26. The Kier molecular flexibility index (Phi) is 6.19. The van der Waals surface area contributed by atoms with E-state index >= 15 is 0 Å². The number of rotatable bonds is 6. The largest absolute Gasteiger partial charge is 0.491 e. The highest BCUT2D eigenvalue weighted by Crippen LogP contribution is 2.22. The molecule has 0 N–H and O–H groups in total. The van der Waals surface area contributed by atoms with E-state index in [1.165, 1.54) is 0 Å². The van der Waals surface area contributed by atoms with E-state index in [0.717, 1.165) is 16.9 Å². The average Bonchev–Trinajstić information content (AvgIpc) is 2.33. The van der Waals surface area contributed by atoms with Crippen molar-refractivity contribution >= 4 is 21.8 Å². The van der Waals surface area contributed by atoms with E-state index in [1.807, 2.05) is 32.0 Å². The zero-order chi connectivity index (χ0) is 13.5. The van der Waals surface area contributed by atoms with Crippen LogP contribution in [0.2, 0.25) is 0 Å². The lowest BCUT2D eigenvalue weighted by Gasteiger charge is -2.18. The highest BCUT2D eigenvalue weighted by atomic mass is 79.9. The smallest absolute Gasteiger partial charge is 0.223 e. The predicted molar refractivity (Wildman–Crippen MR) is 77.5 cm³/mol. The van der Waals surface area contributed by atoms with Crippen molar-refractivity contribution < 1.29 is 9.53 Å². The van der Waals surface area contributed by atoms with E-state index in [4.69, 9.17) is 4.74 Å². The zero-order valence-electron chi connectivity index (χ0n) is 11.2. The van der Waals surface area contributed by atoms with Gasteiger partial charge in [0.15, 0.2) is 0 Å². The van der Waals surface area contributed by atoms with Crippen LogP contribution in [0.5, 0.6) is 5.75 Å². The molecule has 4 heteroatoms. The van der Waals surface area contributed by atoms with Gasteiger partial charge in [0.1, 0.15) is 12.4 Å². The molecule has 0 saturated heterocycles. The number of nitrogens with zero attached hydrogens (tertiary/aromatic N) is 1. The van der Waals surface area contributed by atoms with Gasteiger partial charge in [0.05, 0.1) is 6.54 Å². The molecule has 1 aromatic rings. The Bertz CT molecular complexity index is 387. The minimum Gasteiger partial charge on any atom is -0.491 e. The number of carbonyl (C=O) groups excluding carboxylic acids is 1. The lowest BCUT2D eigenvalue weighted by molar-refractivity contribution is -0.129. The molecule has 0 saturated carbocycles. The van der Waals surface area contributed by atoms with Crippen molar-refractivity contribution in [3.8, 4) is 5.75 Å². The van der Waals surface area contributed by atoms with Crippen LogP contribution in [0.25, 0.3) is 0 Å². The van der Waals surface area contributed by atoms with Crippen LogP contribution in [0, 0.1) is 13.8 Å². The molecule has 1 rings (SSSR count). The number of hydrogen-bond acceptors (Lipinski definition) is 2. The van der Waals surface area contributed by atoms with Crippen molar-refractivity contribution in [3.05, 3.63) is 29.3 Å². The number of likely N-dealkylation sites (N-methyl/N-ethyl adjacent to an activating group) is 1. The SMILES string of the molecule is Cc1cccc(C)c1OCCN(C)C(=O)CCBr. The Morgan fingerprint density at radius 2 is 1.94 bits per heavy atom. The monoisotopic (exact) mass is 313 g/mol. The molecule has 0 aliphatic carbocycles. The zero-order valence-corrected chi connectivity index (χ0v) is 12.8. The van der Waals surface area contributed by atoms with Gasteiger partial charge in [-0.15, -0.1) is 0 Å². The Morgan fingerprint density at radius 3 is 2.50 bits per heavy atom. The third-order valence-electron chi connectivity index (χ3n) is 2.82. The number of alkyl halides is 1. The fraction of sp³-hybridized carbons (Fsp3) is 0.500. The van der Waals surface area contributed by atoms with E-state index in [2.05, 4.69) is 15.9 Å². The first-order valence-electron chi connectivity index (χ1n) is 6.05. The van der Waals surface area contributed by atoms with Gasteiger partial charge in [-0.1, -0.05) is 34.1 Å². The highest BCUT2D eigenvalue weighted by molar-refractivity contribution is 9.09. The Morgan fingerprint density at radius 1 is 1.33 bits per heavy atom. The van der Waals surface area contributed by atoms with E-state index in [0.29, 0.717) is 24.9 Å². The van der Waals surface area contributed by atoms with Crippen LogP contribution in [0.15, 0.2) is 18.2 Å². The summed E-state index contributed by atoms with van der Waals surface area (Å²) in [7, 11) is 1.80. The van der Waals surface area contributed by atoms with E-state index in [9.17, 15) is 4.79 Å². The Labute approximate surface area is 117 Å². The molecular weight excluding hydrogens is 294 g/mol. The molecular formula is C14H20BrNO2. The molecule has 0 aliphatic heterocycles. The van der Waals surface area contributed by atoms with Crippen molar-refractivity contribution in [2.24, 2.45) is 0 Å². The van der Waals surface area contributed by atoms with Crippen molar-refractivity contribution in [2.75, 3.05) is 25.5 Å². The van der Waals surface area contributed by atoms with E-state index < -0.39 is 0 Å². The van der Waals surface area contributed by atoms with Gasteiger partial charge in [0.2, 0.25) is 5.91 Å². The van der Waals surface area contributed by atoms with Gasteiger partial charge >= 0.3 is 0 Å². The van der Waals surface area contributed by atoms with Gasteiger partial charge in [-0.2, -0.15) is 0 Å². The molecule has 0 aromatic heterocycles. The van der Waals surface area contributed by atoms with Crippen LogP contribution < -0.4 is 4.74 Å². The van der Waals surface area contributed by atoms with Gasteiger partial charge in [-0.25, -0.2) is 0 Å². The average molecular weight is 314 g/mol. The summed E-state index contributed by atoms with van der Waals surface area (Å²) in [5.74, 6) is 1.07. The van der Waals surface area contributed by atoms with Crippen molar-refractivity contribution in [2.45, 2.75) is 20.3 Å². The summed E-state index contributed by atoms with van der Waals surface area (Å²) in [6.45, 7) is 5.19. The molecule has 0 heterocycles. The lowest BCUT2D eigenvalue weighted by Crippen LogP contribution is -2.31. The van der Waals surface area contributed by atoms with Crippen LogP contribution in [-0.2, 0) is 4.79 Å². The Hall–Kier alpha value is -1.03. The topological polar surface area (TPSA) is 29.5 Å². The molecule has 1 aromatic carbocycles. The number of carbonyl (C=O) groups is 1. The summed E-state index contributed by atoms with van der Waals surface area (Å²) in [5.41, 5.74) is 2.26. The van der Waals surface area contributed by atoms with Crippen molar-refractivity contribution in [3.63, 3.8) is 0 Å². The van der Waals surface area contributed by atoms with Gasteiger partial charge < -0.3 is 9.64 Å². The number of aryl methyl sites for hydroxylation is 2. The van der Waals surface area contributed by atoms with Crippen LogP contribution >= 0.6 is 15.9 Å². The van der Waals surface area contributed by atoms with Crippen molar-refractivity contribution in [1.82, 2.24) is 4.90 Å². The fourth-order valence-electron chi connectivity index (χ4n) is 1.71. The van der Waals surface area contributed by atoms with Gasteiger partial charge in [0.25, 0.3) is 0 Å². The lowest BCUT2D eigenvalue weighted by atomic mass is 10.1. The highest BCUT2D eigenvalue weighted by Gasteiger charge is 2.08. The summed E-state index contributed by atoms with van der Waals surface area (Å²) in [4.78, 5) is 13.3. The maximum Gasteiger partial charge on any atom is 0.223 e. The number of para-hydroxylation sites is 1. The van der Waals surface area contributed by atoms with Crippen LogP contribution in [0.1, 0.15) is 17.5 Å². The third kappa shape index (κ3) is 4.33. The van der Waals surface area contributed by atoms with Gasteiger partial charge in [0, 0.05) is 18.8 Å². The first-order chi connectivity index (χ1) is 8.56. The number of halogens is 1. The summed E-state index contributed by atoms with van der Waals surface area (Å²) in [6.07, 6.45) is 0.528. The second kappa shape index (κ2) is 7.41. The van der Waals surface area contributed by atoms with Crippen molar-refractivity contribution in [1.29, 1.82) is 0 Å². The predicted octanol–water partition coefficient (Wildman–Crippen LogP) is 2.93. The summed E-state index contributed by atoms with van der Waals surface area (Å²) in [5, 5.41) is 0.702. The molecule has 0 spiro atoms. The standard InChI is InChI=1S/C14H20BrNO2/c1-11-5-4-6-12(2)14(11)18-10-9-16(3)13(17)7-8-15/h4-6H,7-10H2,1-3H3. The molecule has 3 nitrogen and oxygen atoms in total. The third-order valence-corrected chi connectivity index (χ3v) is 3.21. The summed E-state index contributed by atoms with van der Waals surface area (Å²) < 4.78 is 5.76. The van der Waals surface area contributed by atoms with Crippen LogP contribution in [-0.4, -0.2) is 36.3 Å². The van der Waals surface area contributed by atoms with Gasteiger partial charge in [-0.05, 0) is 25.0 Å². The van der Waals surface area contributed by atoms with Crippen LogP contribution in [0.3, 0.4) is 0 Å². The normalized spacial score (nSPS) is 10.2. The molecule has 1 amide bonds. The molecule has 100 valence electrons.